The summed E-state index contributed by atoms with van der Waals surface area (Å²) in [6.07, 6.45) is 0.857. The normalized spacial score (nSPS) is 12.4. The molecule has 0 amide bonds. The third-order valence-electron chi connectivity index (χ3n) is 2.95. The van der Waals surface area contributed by atoms with E-state index in [1.165, 1.54) is 10.4 Å². The van der Waals surface area contributed by atoms with E-state index in [2.05, 4.69) is 33.4 Å². The smallest absolute Gasteiger partial charge is 0.122 e. The number of hydrogen-bond donors (Lipinski definition) is 1. The Labute approximate surface area is 130 Å². The van der Waals surface area contributed by atoms with Crippen molar-refractivity contribution in [3.05, 3.63) is 49.6 Å². The van der Waals surface area contributed by atoms with E-state index >= 15 is 0 Å². The van der Waals surface area contributed by atoms with Crippen LogP contribution in [0, 0.1) is 0 Å². The third-order valence-corrected chi connectivity index (χ3v) is 4.79. The maximum Gasteiger partial charge on any atom is 0.122 e. The van der Waals surface area contributed by atoms with Crippen molar-refractivity contribution in [1.82, 2.24) is 5.32 Å². The lowest BCUT2D eigenvalue weighted by Crippen LogP contribution is -2.18. The summed E-state index contributed by atoms with van der Waals surface area (Å²) >= 11 is 11.1. The molecule has 0 bridgehead atoms. The van der Waals surface area contributed by atoms with Crippen molar-refractivity contribution in [2.24, 2.45) is 0 Å². The Kier molecular flexibility index (Phi) is 5.28. The van der Waals surface area contributed by atoms with Crippen molar-refractivity contribution in [2.75, 3.05) is 14.2 Å². The van der Waals surface area contributed by atoms with Gasteiger partial charge in [-0.25, -0.2) is 0 Å². The van der Waals surface area contributed by atoms with Gasteiger partial charge in [0.15, 0.2) is 0 Å². The first-order valence-electron chi connectivity index (χ1n) is 5.89. The predicted octanol–water partition coefficient (Wildman–Crippen LogP) is 4.68. The Morgan fingerprint density at radius 3 is 2.74 bits per heavy atom. The number of benzene rings is 1. The van der Waals surface area contributed by atoms with Crippen LogP contribution in [0.3, 0.4) is 0 Å². The van der Waals surface area contributed by atoms with Gasteiger partial charge in [-0.1, -0.05) is 27.5 Å². The fraction of sp³-hybridized carbons (Fsp3) is 0.286. The zero-order valence-electron chi connectivity index (χ0n) is 10.7. The van der Waals surface area contributed by atoms with E-state index in [9.17, 15) is 0 Å². The molecule has 1 unspecified atom stereocenters. The summed E-state index contributed by atoms with van der Waals surface area (Å²) in [5.74, 6) is 0.908. The maximum atomic E-state index is 6.01. The van der Waals surface area contributed by atoms with Crippen LogP contribution in [0.25, 0.3) is 0 Å². The number of likely N-dealkylation sites (N-methyl/N-ethyl adjacent to an activating group) is 1. The Hall–Kier alpha value is -0.550. The number of rotatable bonds is 5. The molecule has 0 saturated heterocycles. The van der Waals surface area contributed by atoms with E-state index in [-0.39, 0.29) is 6.04 Å². The monoisotopic (exact) mass is 359 g/mol. The Bertz CT molecular complexity index is 558. The highest BCUT2D eigenvalue weighted by Crippen LogP contribution is 2.32. The second kappa shape index (κ2) is 6.75. The van der Waals surface area contributed by atoms with Gasteiger partial charge in [0.2, 0.25) is 0 Å². The van der Waals surface area contributed by atoms with Crippen molar-refractivity contribution >= 4 is 38.9 Å². The molecule has 1 aromatic heterocycles. The summed E-state index contributed by atoms with van der Waals surface area (Å²) in [4.78, 5) is 1.23. The zero-order chi connectivity index (χ0) is 13.8. The molecule has 0 radical (unpaired) electrons. The standard InChI is InChI=1S/C14H15BrClNOS/c1-17-11(13-5-6-14(16)19-13)8-9-7-10(15)3-4-12(9)18-2/h3-7,11,17H,8H2,1-2H3. The molecule has 0 saturated carbocycles. The number of halogens is 2. The molecule has 1 atom stereocenters. The van der Waals surface area contributed by atoms with Crippen LogP contribution in [0.4, 0.5) is 0 Å². The molecule has 0 spiro atoms. The van der Waals surface area contributed by atoms with Gasteiger partial charge in [-0.3, -0.25) is 0 Å². The molecule has 0 fully saturated rings. The van der Waals surface area contributed by atoms with Crippen LogP contribution in [-0.4, -0.2) is 14.2 Å². The summed E-state index contributed by atoms with van der Waals surface area (Å²) in [6.45, 7) is 0. The number of methoxy groups -OCH3 is 1. The van der Waals surface area contributed by atoms with Crippen LogP contribution in [0.15, 0.2) is 34.8 Å². The fourth-order valence-electron chi connectivity index (χ4n) is 1.99. The van der Waals surface area contributed by atoms with Crippen LogP contribution >= 0.6 is 38.9 Å². The summed E-state index contributed by atoms with van der Waals surface area (Å²) < 4.78 is 7.29. The minimum absolute atomic E-state index is 0.237. The average molecular weight is 361 g/mol. The highest BCUT2D eigenvalue weighted by atomic mass is 79.9. The SMILES string of the molecule is CNC(Cc1cc(Br)ccc1OC)c1ccc(Cl)s1. The van der Waals surface area contributed by atoms with Crippen molar-refractivity contribution in [1.29, 1.82) is 0 Å². The van der Waals surface area contributed by atoms with Crippen LogP contribution in [0.1, 0.15) is 16.5 Å². The van der Waals surface area contributed by atoms with E-state index < -0.39 is 0 Å². The average Bonchev–Trinajstić information content (AvgIpc) is 2.82. The summed E-state index contributed by atoms with van der Waals surface area (Å²) in [5, 5.41) is 3.33. The molecule has 0 aliphatic rings. The van der Waals surface area contributed by atoms with Crippen molar-refractivity contribution in [3.8, 4) is 5.75 Å². The Morgan fingerprint density at radius 1 is 1.37 bits per heavy atom. The number of nitrogens with one attached hydrogen (secondary N) is 1. The lowest BCUT2D eigenvalue weighted by Gasteiger charge is -2.17. The molecule has 1 heterocycles. The molecule has 0 aliphatic carbocycles. The molecular formula is C14H15BrClNOS. The zero-order valence-corrected chi connectivity index (χ0v) is 13.9. The predicted molar refractivity (Wildman–Crippen MR) is 85.5 cm³/mol. The molecule has 102 valence electrons. The van der Waals surface area contributed by atoms with E-state index in [1.807, 2.05) is 25.2 Å². The van der Waals surface area contributed by atoms with E-state index in [1.54, 1.807) is 18.4 Å². The second-order valence-corrected chi connectivity index (χ2v) is 6.81. The fourth-order valence-corrected chi connectivity index (χ4v) is 3.57. The molecular weight excluding hydrogens is 346 g/mol. The quantitative estimate of drug-likeness (QED) is 0.836. The van der Waals surface area contributed by atoms with Gasteiger partial charge in [0.1, 0.15) is 5.75 Å². The number of thiophene rings is 1. The third kappa shape index (κ3) is 3.72. The first-order valence-corrected chi connectivity index (χ1v) is 7.87. The van der Waals surface area contributed by atoms with Gasteiger partial charge >= 0.3 is 0 Å². The van der Waals surface area contributed by atoms with Gasteiger partial charge < -0.3 is 10.1 Å². The molecule has 2 nitrogen and oxygen atoms in total. The minimum Gasteiger partial charge on any atom is -0.496 e. The highest BCUT2D eigenvalue weighted by molar-refractivity contribution is 9.10. The summed E-state index contributed by atoms with van der Waals surface area (Å²) in [7, 11) is 3.66. The van der Waals surface area contributed by atoms with E-state index in [0.29, 0.717) is 0 Å². The topological polar surface area (TPSA) is 21.3 Å². The van der Waals surface area contributed by atoms with Crippen molar-refractivity contribution < 1.29 is 4.74 Å². The first kappa shape index (κ1) is 14.9. The molecule has 2 rings (SSSR count). The van der Waals surface area contributed by atoms with Gasteiger partial charge in [-0.2, -0.15) is 0 Å². The van der Waals surface area contributed by atoms with Gasteiger partial charge in [-0.05, 0) is 49.4 Å². The van der Waals surface area contributed by atoms with E-state index in [4.69, 9.17) is 16.3 Å². The van der Waals surface area contributed by atoms with Crippen molar-refractivity contribution in [3.63, 3.8) is 0 Å². The lowest BCUT2D eigenvalue weighted by atomic mass is 10.0. The summed E-state index contributed by atoms with van der Waals surface area (Å²) in [5.41, 5.74) is 1.17. The second-order valence-electron chi connectivity index (χ2n) is 4.14. The molecule has 2 aromatic rings. The molecule has 1 N–H and O–H groups in total. The van der Waals surface area contributed by atoms with Gasteiger partial charge in [-0.15, -0.1) is 11.3 Å². The number of ether oxygens (including phenoxy) is 1. The number of hydrogen-bond acceptors (Lipinski definition) is 3. The molecule has 0 aliphatic heterocycles. The Balaban J connectivity index is 2.25. The highest BCUT2D eigenvalue weighted by Gasteiger charge is 2.15. The lowest BCUT2D eigenvalue weighted by molar-refractivity contribution is 0.406. The van der Waals surface area contributed by atoms with Crippen LogP contribution in [0.5, 0.6) is 5.75 Å². The van der Waals surface area contributed by atoms with Crippen LogP contribution in [-0.2, 0) is 6.42 Å². The van der Waals surface area contributed by atoms with E-state index in [0.717, 1.165) is 21.0 Å². The maximum absolute atomic E-state index is 6.01. The Morgan fingerprint density at radius 2 is 2.16 bits per heavy atom. The van der Waals surface area contributed by atoms with Crippen LogP contribution in [0.2, 0.25) is 4.34 Å². The van der Waals surface area contributed by atoms with Crippen LogP contribution < -0.4 is 10.1 Å². The minimum atomic E-state index is 0.237. The molecule has 1 aromatic carbocycles. The molecule has 19 heavy (non-hydrogen) atoms. The molecule has 5 heteroatoms. The summed E-state index contributed by atoms with van der Waals surface area (Å²) in [6, 6.07) is 10.3. The van der Waals surface area contributed by atoms with Gasteiger partial charge in [0, 0.05) is 15.4 Å². The van der Waals surface area contributed by atoms with Gasteiger partial charge in [0.05, 0.1) is 11.4 Å². The first-order chi connectivity index (χ1) is 9.13. The van der Waals surface area contributed by atoms with Gasteiger partial charge in [0.25, 0.3) is 0 Å². The van der Waals surface area contributed by atoms with Crippen molar-refractivity contribution in [2.45, 2.75) is 12.5 Å². The largest absolute Gasteiger partial charge is 0.496 e.